The van der Waals surface area contributed by atoms with Gasteiger partial charge < -0.3 is 9.54 Å². The number of nitrogens with zero attached hydrogens (tertiary/aromatic N) is 2. The normalized spacial score (nSPS) is 12.0. The maximum atomic E-state index is 13.3. The van der Waals surface area contributed by atoms with Crippen LogP contribution in [0.2, 0.25) is 0 Å². The molecule has 5 rings (SSSR count). The monoisotopic (exact) mass is 539 g/mol. The van der Waals surface area contributed by atoms with Crippen molar-refractivity contribution in [1.82, 2.24) is 4.98 Å². The standard InChI is InChI=1S/C26H19N3O5S2.Na/c30-35(31,19-11-5-2-6-12-19)24-14-8-7-13-23(24)28-29-26-21-17-20(36(32,33)34)15-16-22(21)27-25(26)18-9-3-1-4-10-18;/h1-17,27H,(H,32,33,34);/q;+1/p-1. The molecule has 0 saturated carbocycles. The molecule has 8 nitrogen and oxygen atoms in total. The van der Waals surface area contributed by atoms with Gasteiger partial charge in [0.1, 0.15) is 21.5 Å². The van der Waals surface area contributed by atoms with Gasteiger partial charge in [0.15, 0.2) is 0 Å². The molecule has 1 aromatic heterocycles. The number of fused-ring (bicyclic) bond motifs is 1. The summed E-state index contributed by atoms with van der Waals surface area (Å²) in [6, 6.07) is 27.4. The average Bonchev–Trinajstić information content (AvgIpc) is 3.26. The summed E-state index contributed by atoms with van der Waals surface area (Å²) in [7, 11) is -8.58. The zero-order chi connectivity index (χ0) is 25.3. The number of azo groups is 1. The number of aromatic nitrogens is 1. The third-order valence-electron chi connectivity index (χ3n) is 5.56. The Morgan fingerprint density at radius 1 is 0.676 bits per heavy atom. The Bertz CT molecular complexity index is 1820. The van der Waals surface area contributed by atoms with Gasteiger partial charge in [-0.3, -0.25) is 0 Å². The van der Waals surface area contributed by atoms with Crippen LogP contribution in [-0.4, -0.2) is 26.4 Å². The van der Waals surface area contributed by atoms with Crippen molar-refractivity contribution in [3.8, 4) is 11.3 Å². The molecule has 0 amide bonds. The molecule has 180 valence electrons. The van der Waals surface area contributed by atoms with Gasteiger partial charge in [0.2, 0.25) is 9.84 Å². The predicted octanol–water partition coefficient (Wildman–Crippen LogP) is 2.99. The van der Waals surface area contributed by atoms with Gasteiger partial charge >= 0.3 is 29.6 Å². The maximum Gasteiger partial charge on any atom is 1.00 e. The van der Waals surface area contributed by atoms with Crippen molar-refractivity contribution in [3.63, 3.8) is 0 Å². The van der Waals surface area contributed by atoms with Gasteiger partial charge in [-0.05, 0) is 42.5 Å². The Kier molecular flexibility index (Phi) is 7.79. The minimum absolute atomic E-state index is 0. The van der Waals surface area contributed by atoms with Crippen molar-refractivity contribution in [2.45, 2.75) is 14.7 Å². The van der Waals surface area contributed by atoms with Gasteiger partial charge in [0.05, 0.1) is 20.4 Å². The number of benzene rings is 4. The van der Waals surface area contributed by atoms with Crippen LogP contribution in [0.5, 0.6) is 0 Å². The summed E-state index contributed by atoms with van der Waals surface area (Å²) >= 11 is 0. The van der Waals surface area contributed by atoms with E-state index in [0.29, 0.717) is 16.6 Å². The molecule has 0 atom stereocenters. The minimum Gasteiger partial charge on any atom is -0.744 e. The Hall–Kier alpha value is -3.12. The molecule has 1 N–H and O–H groups in total. The van der Waals surface area contributed by atoms with Crippen LogP contribution in [-0.2, 0) is 20.0 Å². The second-order valence-corrected chi connectivity index (χ2v) is 11.2. The molecular weight excluding hydrogens is 521 g/mol. The second-order valence-electron chi connectivity index (χ2n) is 7.86. The van der Waals surface area contributed by atoms with Gasteiger partial charge in [-0.1, -0.05) is 60.7 Å². The van der Waals surface area contributed by atoms with Crippen LogP contribution in [0.1, 0.15) is 0 Å². The molecule has 0 aliphatic rings. The van der Waals surface area contributed by atoms with Crippen LogP contribution in [0.15, 0.2) is 128 Å². The van der Waals surface area contributed by atoms with Crippen LogP contribution in [0.25, 0.3) is 22.2 Å². The van der Waals surface area contributed by atoms with Crippen LogP contribution >= 0.6 is 0 Å². The number of rotatable bonds is 6. The first-order valence-corrected chi connectivity index (χ1v) is 13.6. The molecule has 4 aromatic carbocycles. The number of H-pyrrole nitrogens is 1. The van der Waals surface area contributed by atoms with Crippen LogP contribution in [0.3, 0.4) is 0 Å². The summed E-state index contributed by atoms with van der Waals surface area (Å²) in [5, 5.41) is 8.99. The number of aromatic amines is 1. The van der Waals surface area contributed by atoms with Crippen molar-refractivity contribution >= 4 is 42.2 Å². The molecule has 0 radical (unpaired) electrons. The fraction of sp³-hybridized carbons (Fsp3) is 0. The first-order chi connectivity index (χ1) is 17.2. The SMILES string of the molecule is O=S(=O)([O-])c1ccc2[nH]c(-c3ccccc3)c(N=Nc3ccccc3S(=O)(=O)c3ccccc3)c2c1.[Na+]. The summed E-state index contributed by atoms with van der Waals surface area (Å²) in [5.74, 6) is 0. The predicted molar refractivity (Wildman–Crippen MR) is 134 cm³/mol. The molecule has 1 heterocycles. The Morgan fingerprint density at radius 3 is 1.97 bits per heavy atom. The molecule has 11 heteroatoms. The van der Waals surface area contributed by atoms with Gasteiger partial charge in [0.25, 0.3) is 0 Å². The molecule has 0 saturated heterocycles. The van der Waals surface area contributed by atoms with E-state index in [0.717, 1.165) is 5.56 Å². The van der Waals surface area contributed by atoms with E-state index in [4.69, 9.17) is 0 Å². The minimum atomic E-state index is -4.71. The van der Waals surface area contributed by atoms with Crippen molar-refractivity contribution in [3.05, 3.63) is 103 Å². The number of hydrogen-bond acceptors (Lipinski definition) is 7. The summed E-state index contributed by atoms with van der Waals surface area (Å²) in [4.78, 5) is 2.89. The van der Waals surface area contributed by atoms with Gasteiger partial charge in [-0.15, -0.1) is 10.2 Å². The van der Waals surface area contributed by atoms with Gasteiger partial charge in [-0.25, -0.2) is 16.8 Å². The summed E-state index contributed by atoms with van der Waals surface area (Å²) in [6.45, 7) is 0. The fourth-order valence-corrected chi connectivity index (χ4v) is 5.74. The van der Waals surface area contributed by atoms with E-state index in [2.05, 4.69) is 15.2 Å². The van der Waals surface area contributed by atoms with Gasteiger partial charge in [-0.2, -0.15) is 0 Å². The fourth-order valence-electron chi connectivity index (χ4n) is 3.83. The first-order valence-electron chi connectivity index (χ1n) is 10.7. The van der Waals surface area contributed by atoms with E-state index < -0.39 is 24.9 Å². The van der Waals surface area contributed by atoms with Crippen molar-refractivity contribution in [1.29, 1.82) is 0 Å². The first kappa shape index (κ1) is 26.9. The summed E-state index contributed by atoms with van der Waals surface area (Å²) in [5.41, 5.74) is 2.22. The molecule has 0 fully saturated rings. The number of nitrogens with one attached hydrogen (secondary N) is 1. The van der Waals surface area contributed by atoms with E-state index in [-0.39, 0.29) is 50.7 Å². The molecule has 37 heavy (non-hydrogen) atoms. The van der Waals surface area contributed by atoms with Crippen molar-refractivity contribution in [2.75, 3.05) is 0 Å². The summed E-state index contributed by atoms with van der Waals surface area (Å²) in [6.07, 6.45) is 0. The Labute approximate surface area is 236 Å². The molecular formula is C26H18N3NaO5S2. The maximum absolute atomic E-state index is 13.3. The van der Waals surface area contributed by atoms with E-state index >= 15 is 0 Å². The molecule has 0 aliphatic heterocycles. The zero-order valence-electron chi connectivity index (χ0n) is 19.6. The smallest absolute Gasteiger partial charge is 0.744 e. The molecule has 0 bridgehead atoms. The number of sulfone groups is 1. The average molecular weight is 540 g/mol. The molecule has 5 aromatic rings. The molecule has 0 unspecified atom stereocenters. The third kappa shape index (κ3) is 5.45. The third-order valence-corrected chi connectivity index (χ3v) is 8.21. The molecule has 0 aliphatic carbocycles. The van der Waals surface area contributed by atoms with Crippen LogP contribution < -0.4 is 29.6 Å². The molecule has 0 spiro atoms. The van der Waals surface area contributed by atoms with E-state index in [1.54, 1.807) is 30.3 Å². The van der Waals surface area contributed by atoms with Crippen LogP contribution in [0.4, 0.5) is 11.4 Å². The largest absolute Gasteiger partial charge is 1.00 e. The van der Waals surface area contributed by atoms with Crippen LogP contribution in [0, 0.1) is 0 Å². The number of hydrogen-bond donors (Lipinski definition) is 1. The Morgan fingerprint density at radius 2 is 1.30 bits per heavy atom. The topological polar surface area (TPSA) is 132 Å². The van der Waals surface area contributed by atoms with E-state index in [9.17, 15) is 21.4 Å². The van der Waals surface area contributed by atoms with E-state index in [1.807, 2.05) is 30.3 Å². The Balaban J connectivity index is 0.00000320. The summed E-state index contributed by atoms with van der Waals surface area (Å²) < 4.78 is 61.5. The van der Waals surface area contributed by atoms with Gasteiger partial charge in [0, 0.05) is 16.5 Å². The zero-order valence-corrected chi connectivity index (χ0v) is 23.2. The van der Waals surface area contributed by atoms with E-state index in [1.165, 1.54) is 42.5 Å². The second kappa shape index (κ2) is 10.7. The van der Waals surface area contributed by atoms with Crippen molar-refractivity contribution in [2.24, 2.45) is 10.2 Å². The quantitative estimate of drug-likeness (QED) is 0.201. The van der Waals surface area contributed by atoms with Crippen molar-refractivity contribution < 1.29 is 50.9 Å².